The Labute approximate surface area is 115 Å². The monoisotopic (exact) mass is 317 g/mol. The molecule has 0 aromatic heterocycles. The Morgan fingerprint density at radius 2 is 2.39 bits per heavy atom. The molecule has 0 aliphatic carbocycles. The first-order chi connectivity index (χ1) is 8.75. The molecule has 0 radical (unpaired) electrons. The molecule has 18 heavy (non-hydrogen) atoms. The summed E-state index contributed by atoms with van der Waals surface area (Å²) in [5.41, 5.74) is 0. The highest BCUT2D eigenvalue weighted by molar-refractivity contribution is 9.10. The van der Waals surface area contributed by atoms with Crippen LogP contribution in [0.2, 0.25) is 0 Å². The van der Waals surface area contributed by atoms with Crippen LogP contribution in [0, 0.1) is 5.82 Å². The van der Waals surface area contributed by atoms with E-state index in [2.05, 4.69) is 21.2 Å². The zero-order valence-electron chi connectivity index (χ0n) is 10.1. The molecule has 1 aliphatic rings. The fourth-order valence-corrected chi connectivity index (χ4v) is 2.25. The van der Waals surface area contributed by atoms with Gasteiger partial charge in [-0.2, -0.15) is 0 Å². The molecule has 0 amide bonds. The number of halogens is 2. The fourth-order valence-electron chi connectivity index (χ4n) is 1.89. The molecule has 1 fully saturated rings. The summed E-state index contributed by atoms with van der Waals surface area (Å²) < 4.78 is 24.7. The Morgan fingerprint density at radius 1 is 1.50 bits per heavy atom. The Hall–Kier alpha value is -0.650. The molecule has 1 unspecified atom stereocenters. The van der Waals surface area contributed by atoms with Crippen molar-refractivity contribution in [3.63, 3.8) is 0 Å². The van der Waals surface area contributed by atoms with Crippen molar-refractivity contribution in [1.29, 1.82) is 0 Å². The molecule has 2 rings (SSSR count). The van der Waals surface area contributed by atoms with Crippen LogP contribution in [0.15, 0.2) is 22.7 Å². The van der Waals surface area contributed by atoms with Gasteiger partial charge in [0.1, 0.15) is 18.2 Å². The Balaban J connectivity index is 1.64. The minimum atomic E-state index is -0.291. The van der Waals surface area contributed by atoms with Crippen molar-refractivity contribution < 1.29 is 13.9 Å². The van der Waals surface area contributed by atoms with Gasteiger partial charge in [0, 0.05) is 25.8 Å². The van der Waals surface area contributed by atoms with Gasteiger partial charge in [0.25, 0.3) is 0 Å². The maximum Gasteiger partial charge on any atom is 0.136 e. The topological polar surface area (TPSA) is 30.5 Å². The molecule has 0 saturated carbocycles. The van der Waals surface area contributed by atoms with E-state index in [4.69, 9.17) is 9.47 Å². The van der Waals surface area contributed by atoms with Crippen molar-refractivity contribution in [2.24, 2.45) is 0 Å². The molecule has 5 heteroatoms. The summed E-state index contributed by atoms with van der Waals surface area (Å²) in [6.07, 6.45) is 2.62. The van der Waals surface area contributed by atoms with Gasteiger partial charge in [-0.3, -0.25) is 0 Å². The van der Waals surface area contributed by atoms with E-state index in [9.17, 15) is 4.39 Å². The lowest BCUT2D eigenvalue weighted by Crippen LogP contribution is -2.29. The highest BCUT2D eigenvalue weighted by Crippen LogP contribution is 2.25. The van der Waals surface area contributed by atoms with Crippen LogP contribution in [-0.4, -0.2) is 32.4 Å². The number of nitrogens with one attached hydrogen (secondary N) is 1. The van der Waals surface area contributed by atoms with Gasteiger partial charge in [0.2, 0.25) is 0 Å². The molecular weight excluding hydrogens is 301 g/mol. The van der Waals surface area contributed by atoms with Crippen molar-refractivity contribution in [3.8, 4) is 5.75 Å². The van der Waals surface area contributed by atoms with E-state index in [1.807, 2.05) is 0 Å². The van der Waals surface area contributed by atoms with Crippen molar-refractivity contribution in [2.75, 3.05) is 26.3 Å². The first kappa shape index (κ1) is 13.8. The summed E-state index contributed by atoms with van der Waals surface area (Å²) in [6, 6.07) is 4.42. The molecule has 1 N–H and O–H groups in total. The van der Waals surface area contributed by atoms with E-state index in [1.54, 1.807) is 6.07 Å². The third-order valence-corrected chi connectivity index (χ3v) is 3.48. The zero-order valence-corrected chi connectivity index (χ0v) is 11.7. The highest BCUT2D eigenvalue weighted by Gasteiger charge is 2.14. The molecule has 0 spiro atoms. The van der Waals surface area contributed by atoms with Gasteiger partial charge in [-0.1, -0.05) is 0 Å². The van der Waals surface area contributed by atoms with E-state index in [1.165, 1.54) is 12.1 Å². The molecule has 3 nitrogen and oxygen atoms in total. The maximum absolute atomic E-state index is 13.0. The van der Waals surface area contributed by atoms with Crippen LogP contribution >= 0.6 is 15.9 Å². The number of hydrogen-bond donors (Lipinski definition) is 1. The minimum Gasteiger partial charge on any atom is -0.491 e. The molecule has 0 bridgehead atoms. The quantitative estimate of drug-likeness (QED) is 0.818. The lowest BCUT2D eigenvalue weighted by atomic mass is 10.2. The van der Waals surface area contributed by atoms with E-state index < -0.39 is 0 Å². The number of benzene rings is 1. The first-order valence-electron chi connectivity index (χ1n) is 6.16. The van der Waals surface area contributed by atoms with Gasteiger partial charge in [-0.15, -0.1) is 0 Å². The van der Waals surface area contributed by atoms with Crippen molar-refractivity contribution in [2.45, 2.75) is 18.9 Å². The molecule has 1 aromatic rings. The molecular formula is C13H17BrFNO2. The van der Waals surface area contributed by atoms with Gasteiger partial charge < -0.3 is 14.8 Å². The third kappa shape index (κ3) is 4.23. The Bertz CT molecular complexity index is 383. The average Bonchev–Trinajstić information content (AvgIpc) is 2.86. The van der Waals surface area contributed by atoms with Crippen LogP contribution in [0.4, 0.5) is 4.39 Å². The van der Waals surface area contributed by atoms with Gasteiger partial charge in [-0.05, 0) is 40.9 Å². The van der Waals surface area contributed by atoms with Crippen LogP contribution in [0.5, 0.6) is 5.75 Å². The third-order valence-electron chi connectivity index (χ3n) is 2.83. The van der Waals surface area contributed by atoms with E-state index in [-0.39, 0.29) is 5.82 Å². The van der Waals surface area contributed by atoms with Crippen molar-refractivity contribution >= 4 is 15.9 Å². The lowest BCUT2D eigenvalue weighted by Gasteiger charge is -2.12. The van der Waals surface area contributed by atoms with Crippen LogP contribution in [-0.2, 0) is 4.74 Å². The Kier molecular flexibility index (Phi) is 5.41. The number of hydrogen-bond acceptors (Lipinski definition) is 3. The maximum atomic E-state index is 13.0. The van der Waals surface area contributed by atoms with Crippen molar-refractivity contribution in [1.82, 2.24) is 5.32 Å². The van der Waals surface area contributed by atoms with Crippen LogP contribution in [0.25, 0.3) is 0 Å². The van der Waals surface area contributed by atoms with Gasteiger partial charge in [0.15, 0.2) is 0 Å². The molecule has 100 valence electrons. The van der Waals surface area contributed by atoms with Gasteiger partial charge in [-0.25, -0.2) is 4.39 Å². The predicted molar refractivity (Wildman–Crippen MR) is 71.4 cm³/mol. The molecule has 1 aliphatic heterocycles. The van der Waals surface area contributed by atoms with Crippen molar-refractivity contribution in [3.05, 3.63) is 28.5 Å². The minimum absolute atomic E-state index is 0.291. The summed E-state index contributed by atoms with van der Waals surface area (Å²) in [7, 11) is 0. The standard InChI is InChI=1S/C13H17BrFNO2/c14-12-4-3-10(15)8-13(12)18-7-5-16-9-11-2-1-6-17-11/h3-4,8,11,16H,1-2,5-7,9H2. The molecule has 1 atom stereocenters. The fraction of sp³-hybridized carbons (Fsp3) is 0.538. The predicted octanol–water partition coefficient (Wildman–Crippen LogP) is 2.74. The van der Waals surface area contributed by atoms with Crippen LogP contribution in [0.1, 0.15) is 12.8 Å². The normalized spacial score (nSPS) is 19.1. The first-order valence-corrected chi connectivity index (χ1v) is 6.95. The van der Waals surface area contributed by atoms with E-state index in [0.717, 1.165) is 37.0 Å². The molecule has 1 saturated heterocycles. The second-order valence-corrected chi connectivity index (χ2v) is 5.12. The molecule has 1 heterocycles. The SMILES string of the molecule is Fc1ccc(Br)c(OCCNCC2CCCO2)c1. The smallest absolute Gasteiger partial charge is 0.136 e. The van der Waals surface area contributed by atoms with Crippen LogP contribution in [0.3, 0.4) is 0 Å². The summed E-state index contributed by atoms with van der Waals surface area (Å²) in [6.45, 7) is 2.96. The largest absolute Gasteiger partial charge is 0.491 e. The highest BCUT2D eigenvalue weighted by atomic mass is 79.9. The Morgan fingerprint density at radius 3 is 3.17 bits per heavy atom. The summed E-state index contributed by atoms with van der Waals surface area (Å²) in [5, 5.41) is 3.27. The van der Waals surface area contributed by atoms with E-state index in [0.29, 0.717) is 18.5 Å². The zero-order chi connectivity index (χ0) is 12.8. The average molecular weight is 318 g/mol. The number of ether oxygens (including phenoxy) is 2. The van der Waals surface area contributed by atoms with Crippen LogP contribution < -0.4 is 10.1 Å². The second kappa shape index (κ2) is 7.07. The summed E-state index contributed by atoms with van der Waals surface area (Å²) in [5.74, 6) is 0.245. The van der Waals surface area contributed by atoms with Gasteiger partial charge >= 0.3 is 0 Å². The molecule has 1 aromatic carbocycles. The second-order valence-electron chi connectivity index (χ2n) is 4.26. The summed E-state index contributed by atoms with van der Waals surface area (Å²) >= 11 is 3.32. The van der Waals surface area contributed by atoms with E-state index >= 15 is 0 Å². The number of rotatable bonds is 6. The van der Waals surface area contributed by atoms with Gasteiger partial charge in [0.05, 0.1) is 10.6 Å². The summed E-state index contributed by atoms with van der Waals surface area (Å²) in [4.78, 5) is 0. The lowest BCUT2D eigenvalue weighted by molar-refractivity contribution is 0.109.